The van der Waals surface area contributed by atoms with Gasteiger partial charge in [0.25, 0.3) is 12.9 Å². The van der Waals surface area contributed by atoms with E-state index in [1.807, 2.05) is 27.7 Å². The Bertz CT molecular complexity index is 2710. The summed E-state index contributed by atoms with van der Waals surface area (Å²) >= 11 is 6.29. The average Bonchev–Trinajstić information content (AvgIpc) is 3.72. The molecule has 82 heavy (non-hydrogen) atoms. The first-order chi connectivity index (χ1) is 39.4. The lowest BCUT2D eigenvalue weighted by atomic mass is 9.77. The Hall–Kier alpha value is -5.46. The fourth-order valence-electron chi connectivity index (χ4n) is 12.0. The number of aliphatic imine (C=N–C) groups is 1. The number of rotatable bonds is 10. The van der Waals surface area contributed by atoms with Crippen LogP contribution in [0.3, 0.4) is 0 Å². The Balaban J connectivity index is 0.000000132. The molecule has 9 aliphatic rings. The van der Waals surface area contributed by atoms with Crippen LogP contribution < -0.4 is 30.8 Å². The smallest absolute Gasteiger partial charge is 0.399 e. The quantitative estimate of drug-likeness (QED) is 0.0926. The highest BCUT2D eigenvalue weighted by molar-refractivity contribution is 6.62. The van der Waals surface area contributed by atoms with Crippen LogP contribution in [-0.2, 0) is 37.7 Å². The maximum absolute atomic E-state index is 14.0. The number of nitrogen functional groups attached to an aromatic ring is 1. The van der Waals surface area contributed by atoms with Crippen molar-refractivity contribution in [2.45, 2.75) is 139 Å². The molecule has 9 saturated heterocycles. The molecule has 0 aliphatic carbocycles. The molecule has 23 nitrogen and oxygen atoms in total. The van der Waals surface area contributed by atoms with E-state index in [0.29, 0.717) is 102 Å². The summed E-state index contributed by atoms with van der Waals surface area (Å²) in [6, 6.07) is 3.53. The van der Waals surface area contributed by atoms with E-state index in [-0.39, 0.29) is 81.1 Å². The molecule has 29 heteroatoms. The van der Waals surface area contributed by atoms with Crippen LogP contribution in [0.15, 0.2) is 29.5 Å². The summed E-state index contributed by atoms with van der Waals surface area (Å²) in [7, 11) is 2.70. The van der Waals surface area contributed by atoms with Crippen molar-refractivity contribution < 1.29 is 55.3 Å². The number of hydrogen-bond donors (Lipinski definition) is 1. The van der Waals surface area contributed by atoms with Crippen molar-refractivity contribution in [3.05, 3.63) is 40.9 Å². The standard InChI is InChI=1S/C22H27F2N7O3.C16H22ClN5O3.C15H22BF2N3O2/c23-19(24)16-4-18(25)26-5-17(16)20-27-21(30-12-2-1-3-13(30)7-32-6-12)29-22(28-20)31-14-8-33-10-15(31)11-34-9-14;17-14-18-15(21-10-2-1-3-11(21)5-23-4-10)20-16(19-14)22-12-6-24-8-13(22)9-25-7-12;1-14(2)15(3,4)23-16(22-14)11-8-19-12(20-9-21(5)6)7-10(11)13(17)18/h4-5,12-15,19H,1-3,6-11H2,(H2,25,26);10-13H,1-9H2;7-9,13H,1-6H3. The van der Waals surface area contributed by atoms with Crippen LogP contribution in [0, 0.1) is 0 Å². The maximum Gasteiger partial charge on any atom is 0.496 e. The summed E-state index contributed by atoms with van der Waals surface area (Å²) in [5.41, 5.74) is 4.48. The van der Waals surface area contributed by atoms with Gasteiger partial charge in [-0.15, -0.1) is 0 Å². The van der Waals surface area contributed by atoms with Gasteiger partial charge >= 0.3 is 7.12 Å². The molecule has 444 valence electrons. The number of alkyl halides is 4. The largest absolute Gasteiger partial charge is 0.496 e. The number of nitrogens with zero attached hydrogens (tertiary/aromatic N) is 14. The fourth-order valence-corrected chi connectivity index (χ4v) is 12.1. The minimum absolute atomic E-state index is 0.0242. The molecule has 9 aliphatic heterocycles. The lowest BCUT2D eigenvalue weighted by molar-refractivity contribution is -0.0355. The molecule has 2 N–H and O–H groups in total. The number of fused-ring (bicyclic) bond motifs is 8. The monoisotopic (exact) mass is 1170 g/mol. The number of ether oxygens (including phenoxy) is 6. The van der Waals surface area contributed by atoms with Gasteiger partial charge in [-0.05, 0) is 90.0 Å². The molecule has 13 rings (SSSR count). The summed E-state index contributed by atoms with van der Waals surface area (Å²) in [6.07, 6.45) is 5.25. The van der Waals surface area contributed by atoms with Crippen LogP contribution >= 0.6 is 11.6 Å². The van der Waals surface area contributed by atoms with E-state index in [9.17, 15) is 17.6 Å². The molecule has 0 amide bonds. The van der Waals surface area contributed by atoms with Crippen LogP contribution in [0.4, 0.5) is 53.0 Å². The van der Waals surface area contributed by atoms with Gasteiger partial charge in [0.2, 0.25) is 29.1 Å². The minimum Gasteiger partial charge on any atom is -0.399 e. The first-order valence-electron chi connectivity index (χ1n) is 28.1. The Morgan fingerprint density at radius 2 is 0.963 bits per heavy atom. The highest BCUT2D eigenvalue weighted by atomic mass is 35.5. The van der Waals surface area contributed by atoms with Crippen molar-refractivity contribution >= 4 is 65.9 Å². The van der Waals surface area contributed by atoms with Crippen molar-refractivity contribution in [3.63, 3.8) is 0 Å². The Labute approximate surface area is 479 Å². The lowest BCUT2D eigenvalue weighted by Gasteiger charge is -2.47. The van der Waals surface area contributed by atoms with Gasteiger partial charge < -0.3 is 68.0 Å². The average molecular weight is 1170 g/mol. The van der Waals surface area contributed by atoms with Gasteiger partial charge in [-0.3, -0.25) is 0 Å². The zero-order valence-corrected chi connectivity index (χ0v) is 47.7. The van der Waals surface area contributed by atoms with Crippen molar-refractivity contribution in [3.8, 4) is 11.4 Å². The molecule has 4 unspecified atom stereocenters. The van der Waals surface area contributed by atoms with E-state index in [0.717, 1.165) is 45.3 Å². The maximum atomic E-state index is 14.0. The van der Waals surface area contributed by atoms with Crippen molar-refractivity contribution in [2.24, 2.45) is 4.99 Å². The van der Waals surface area contributed by atoms with Crippen molar-refractivity contribution in [1.82, 2.24) is 44.8 Å². The number of hydrogen-bond acceptors (Lipinski definition) is 22. The third kappa shape index (κ3) is 12.4. The molecular weight excluding hydrogens is 1100 g/mol. The third-order valence-electron chi connectivity index (χ3n) is 16.7. The molecule has 0 saturated carbocycles. The molecule has 0 spiro atoms. The van der Waals surface area contributed by atoms with Crippen LogP contribution in [0.2, 0.25) is 5.28 Å². The molecule has 9 fully saturated rings. The Kier molecular flexibility index (Phi) is 17.5. The van der Waals surface area contributed by atoms with Gasteiger partial charge in [0.05, 0.1) is 145 Å². The molecule has 13 heterocycles. The molecular formula is C53H71BClF4N15O8. The van der Waals surface area contributed by atoms with Gasteiger partial charge in [0.1, 0.15) is 5.82 Å². The van der Waals surface area contributed by atoms with E-state index in [4.69, 9.17) is 75.0 Å². The second-order valence-corrected chi connectivity index (χ2v) is 23.5. The Morgan fingerprint density at radius 1 is 0.573 bits per heavy atom. The fraction of sp³-hybridized carbons (Fsp3) is 0.679. The summed E-state index contributed by atoms with van der Waals surface area (Å²) < 4.78 is 101. The lowest BCUT2D eigenvalue weighted by Crippen LogP contribution is -2.60. The summed E-state index contributed by atoms with van der Waals surface area (Å²) in [6.45, 7) is 14.6. The van der Waals surface area contributed by atoms with Crippen molar-refractivity contribution in [2.75, 3.05) is 119 Å². The SMILES string of the molecule is CN(C)C=Nc1cc(C(F)F)c(B2OC(C)(C)C(C)(C)O2)cn1.Clc1nc(N2C3CCCC2COC3)nc(N2C3COCC2COC3)n1.Nc1cc(C(F)F)c(-c2nc(N3C4CCCC3COC4)nc(N3C4COCC3COC4)n2)cn1. The van der Waals surface area contributed by atoms with E-state index >= 15 is 0 Å². The van der Waals surface area contributed by atoms with Crippen LogP contribution in [0.1, 0.15) is 90.2 Å². The van der Waals surface area contributed by atoms with Crippen LogP contribution in [0.5, 0.6) is 0 Å². The highest BCUT2D eigenvalue weighted by Gasteiger charge is 2.53. The van der Waals surface area contributed by atoms with Crippen molar-refractivity contribution in [1.29, 1.82) is 0 Å². The zero-order valence-electron chi connectivity index (χ0n) is 47.0. The molecule has 4 atom stereocenters. The second kappa shape index (κ2) is 24.6. The van der Waals surface area contributed by atoms with Crippen LogP contribution in [-0.4, -0.2) is 211 Å². The number of piperidine rings is 2. The number of aromatic nitrogens is 8. The third-order valence-corrected chi connectivity index (χ3v) is 16.9. The molecule has 0 radical (unpaired) electrons. The molecule has 4 aromatic heterocycles. The number of nitrogens with two attached hydrogens (primary N) is 1. The van der Waals surface area contributed by atoms with Gasteiger partial charge in [-0.25, -0.2) is 32.5 Å². The van der Waals surface area contributed by atoms with Crippen LogP contribution in [0.25, 0.3) is 11.4 Å². The number of halogens is 5. The zero-order chi connectivity index (χ0) is 57.5. The predicted molar refractivity (Wildman–Crippen MR) is 297 cm³/mol. The van der Waals surface area contributed by atoms with E-state index in [2.05, 4.69) is 44.5 Å². The number of morpholine rings is 6. The Morgan fingerprint density at radius 3 is 1.37 bits per heavy atom. The van der Waals surface area contributed by atoms with Gasteiger partial charge in [-0.1, -0.05) is 0 Å². The minimum atomic E-state index is -2.75. The summed E-state index contributed by atoms with van der Waals surface area (Å²) in [5.74, 6) is 2.66. The topological polar surface area (TPSA) is 232 Å². The summed E-state index contributed by atoms with van der Waals surface area (Å²) in [5, 5.41) is 0.245. The highest BCUT2D eigenvalue weighted by Crippen LogP contribution is 2.40. The number of anilines is 5. The number of pyridine rings is 2. The van der Waals surface area contributed by atoms with Gasteiger partial charge in [0, 0.05) is 48.6 Å². The van der Waals surface area contributed by atoms with E-state index in [1.54, 1.807) is 19.0 Å². The molecule has 8 bridgehead atoms. The normalized spacial score (nSPS) is 28.2. The van der Waals surface area contributed by atoms with E-state index < -0.39 is 31.2 Å². The first-order valence-corrected chi connectivity index (χ1v) is 28.4. The van der Waals surface area contributed by atoms with E-state index in [1.165, 1.54) is 37.3 Å². The second-order valence-electron chi connectivity index (χ2n) is 23.2. The van der Waals surface area contributed by atoms with Gasteiger partial charge in [0.15, 0.2) is 11.6 Å². The molecule has 0 aromatic carbocycles. The first kappa shape index (κ1) is 58.3. The molecule has 4 aromatic rings. The van der Waals surface area contributed by atoms with Gasteiger partial charge in [-0.2, -0.15) is 29.9 Å². The predicted octanol–water partition coefficient (Wildman–Crippen LogP) is 5.24. The summed E-state index contributed by atoms with van der Waals surface area (Å²) in [4.78, 5) is 50.7.